The molecule has 5 rings (SSSR count). The molecule has 1 aromatic carbocycles. The molecular weight excluding hydrogens is 571 g/mol. The van der Waals surface area contributed by atoms with Gasteiger partial charge in [0.1, 0.15) is 24.2 Å². The number of alkyl halides is 3. The molecule has 1 atom stereocenters. The average Bonchev–Trinajstić information content (AvgIpc) is 3.97. The molecule has 44 heavy (non-hydrogen) atoms. The highest BCUT2D eigenvalue weighted by atomic mass is 19.4. The van der Waals surface area contributed by atoms with Gasteiger partial charge in [0, 0.05) is 12.0 Å². The summed E-state index contributed by atoms with van der Waals surface area (Å²) >= 11 is 0. The van der Waals surface area contributed by atoms with Crippen molar-refractivity contribution in [2.75, 3.05) is 14.2 Å². The lowest BCUT2D eigenvalue weighted by molar-refractivity contribution is -0.0978. The number of rotatable bonds is 11. The van der Waals surface area contributed by atoms with Gasteiger partial charge in [0.2, 0.25) is 5.88 Å². The van der Waals surface area contributed by atoms with Crippen LogP contribution in [0, 0.1) is 5.92 Å². The fourth-order valence-corrected chi connectivity index (χ4v) is 4.36. The second-order valence-electron chi connectivity index (χ2n) is 10.4. The SMILES string of the molecule is C/C=C(\NC(C)c1ccc(COc2nc(-c3c(OC)ncnc3C3CC3)ncc2OC)cc1)C(F)(F)F.CC.CCC1CC1. The molecule has 0 amide bonds. The van der Waals surface area contributed by atoms with Crippen LogP contribution < -0.4 is 19.5 Å². The van der Waals surface area contributed by atoms with E-state index in [0.29, 0.717) is 34.5 Å². The molecule has 3 aromatic rings. The van der Waals surface area contributed by atoms with Gasteiger partial charge in [-0.2, -0.15) is 18.2 Å². The molecule has 1 unspecified atom stereocenters. The first kappa shape index (κ1) is 34.6. The van der Waals surface area contributed by atoms with Crippen LogP contribution in [0.5, 0.6) is 17.5 Å². The van der Waals surface area contributed by atoms with E-state index in [-0.39, 0.29) is 12.5 Å². The minimum Gasteiger partial charge on any atom is -0.490 e. The molecule has 0 radical (unpaired) electrons. The lowest BCUT2D eigenvalue weighted by Gasteiger charge is -2.20. The molecule has 2 fully saturated rings. The smallest absolute Gasteiger partial charge is 0.430 e. The lowest BCUT2D eigenvalue weighted by Crippen LogP contribution is -2.28. The molecule has 2 aliphatic carbocycles. The zero-order chi connectivity index (χ0) is 32.3. The fourth-order valence-electron chi connectivity index (χ4n) is 4.36. The molecular formula is C33H44F3N5O3. The maximum atomic E-state index is 13.0. The fraction of sp³-hybridized carbons (Fsp3) is 0.515. The van der Waals surface area contributed by atoms with Crippen LogP contribution in [0.2, 0.25) is 0 Å². The van der Waals surface area contributed by atoms with E-state index in [1.165, 1.54) is 52.9 Å². The van der Waals surface area contributed by atoms with Gasteiger partial charge in [-0.25, -0.2) is 15.0 Å². The van der Waals surface area contributed by atoms with Crippen LogP contribution in [0.25, 0.3) is 11.4 Å². The molecule has 0 spiro atoms. The molecule has 0 bridgehead atoms. The van der Waals surface area contributed by atoms with Crippen molar-refractivity contribution in [3.63, 3.8) is 0 Å². The number of benzene rings is 1. The number of nitrogens with one attached hydrogen (secondary N) is 1. The Morgan fingerprint density at radius 1 is 1.00 bits per heavy atom. The Labute approximate surface area is 258 Å². The molecule has 2 heterocycles. The van der Waals surface area contributed by atoms with Crippen LogP contribution in [0.4, 0.5) is 13.2 Å². The molecule has 2 aliphatic rings. The van der Waals surface area contributed by atoms with Crippen LogP contribution in [-0.2, 0) is 6.61 Å². The van der Waals surface area contributed by atoms with Crippen LogP contribution >= 0.6 is 0 Å². The minimum absolute atomic E-state index is 0.162. The Hall–Kier alpha value is -3.89. The van der Waals surface area contributed by atoms with E-state index in [4.69, 9.17) is 14.2 Å². The van der Waals surface area contributed by atoms with Gasteiger partial charge in [0.25, 0.3) is 5.88 Å². The summed E-state index contributed by atoms with van der Waals surface area (Å²) in [5, 5.41) is 2.51. The summed E-state index contributed by atoms with van der Waals surface area (Å²) in [5.74, 6) is 2.80. The van der Waals surface area contributed by atoms with Gasteiger partial charge in [-0.05, 0) is 43.7 Å². The number of hydrogen-bond acceptors (Lipinski definition) is 8. The summed E-state index contributed by atoms with van der Waals surface area (Å²) in [6, 6.07) is 6.58. The van der Waals surface area contributed by atoms with E-state index >= 15 is 0 Å². The molecule has 8 nitrogen and oxygen atoms in total. The Balaban J connectivity index is 0.000000675. The van der Waals surface area contributed by atoms with Crippen LogP contribution in [0.1, 0.15) is 95.5 Å². The van der Waals surface area contributed by atoms with E-state index in [2.05, 4.69) is 32.2 Å². The molecule has 2 aromatic heterocycles. The van der Waals surface area contributed by atoms with Crippen molar-refractivity contribution in [2.24, 2.45) is 5.92 Å². The first-order valence-corrected chi connectivity index (χ1v) is 15.2. The number of nitrogens with zero attached hydrogens (tertiary/aromatic N) is 4. The summed E-state index contributed by atoms with van der Waals surface area (Å²) in [4.78, 5) is 17.7. The number of aromatic nitrogens is 4. The van der Waals surface area contributed by atoms with Crippen LogP contribution in [0.3, 0.4) is 0 Å². The topological polar surface area (TPSA) is 91.3 Å². The predicted octanol–water partition coefficient (Wildman–Crippen LogP) is 8.36. The summed E-state index contributed by atoms with van der Waals surface area (Å²) in [5.41, 5.74) is 2.21. The molecule has 0 saturated heterocycles. The van der Waals surface area contributed by atoms with Crippen LogP contribution in [0.15, 0.2) is 48.6 Å². The van der Waals surface area contributed by atoms with Crippen molar-refractivity contribution in [2.45, 2.75) is 91.5 Å². The highest BCUT2D eigenvalue weighted by molar-refractivity contribution is 5.66. The molecule has 1 N–H and O–H groups in total. The summed E-state index contributed by atoms with van der Waals surface area (Å²) in [6.07, 6.45) is 6.09. The Morgan fingerprint density at radius 2 is 1.68 bits per heavy atom. The maximum absolute atomic E-state index is 13.0. The van der Waals surface area contributed by atoms with E-state index in [1.807, 2.05) is 13.8 Å². The second-order valence-corrected chi connectivity index (χ2v) is 10.4. The number of methoxy groups -OCH3 is 2. The first-order valence-electron chi connectivity index (χ1n) is 15.2. The van der Waals surface area contributed by atoms with Crippen molar-refractivity contribution in [1.82, 2.24) is 25.3 Å². The van der Waals surface area contributed by atoms with Crippen molar-refractivity contribution < 1.29 is 27.4 Å². The quantitative estimate of drug-likeness (QED) is 0.230. The predicted molar refractivity (Wildman–Crippen MR) is 165 cm³/mol. The number of hydrogen-bond donors (Lipinski definition) is 1. The van der Waals surface area contributed by atoms with Crippen molar-refractivity contribution in [1.29, 1.82) is 0 Å². The van der Waals surface area contributed by atoms with Gasteiger partial charge >= 0.3 is 6.18 Å². The first-order chi connectivity index (χ1) is 21.2. The van der Waals surface area contributed by atoms with E-state index in [0.717, 1.165) is 36.1 Å². The van der Waals surface area contributed by atoms with Gasteiger partial charge in [-0.1, -0.05) is 70.4 Å². The zero-order valence-electron chi connectivity index (χ0n) is 26.7. The van der Waals surface area contributed by atoms with Crippen LogP contribution in [-0.4, -0.2) is 40.3 Å². The normalized spacial score (nSPS) is 15.2. The highest BCUT2D eigenvalue weighted by Gasteiger charge is 2.34. The van der Waals surface area contributed by atoms with Gasteiger partial charge in [0.15, 0.2) is 11.6 Å². The van der Waals surface area contributed by atoms with Crippen molar-refractivity contribution in [3.8, 4) is 28.9 Å². The Kier molecular flexibility index (Phi) is 12.8. The average molecular weight is 616 g/mol. The third kappa shape index (κ3) is 9.56. The maximum Gasteiger partial charge on any atom is 0.430 e. The summed E-state index contributed by atoms with van der Waals surface area (Å²) in [7, 11) is 3.03. The Bertz CT molecular complexity index is 1360. The number of allylic oxidation sites excluding steroid dienone is 2. The molecule has 11 heteroatoms. The zero-order valence-corrected chi connectivity index (χ0v) is 26.7. The number of ether oxygens (including phenoxy) is 3. The van der Waals surface area contributed by atoms with E-state index in [9.17, 15) is 13.2 Å². The van der Waals surface area contributed by atoms with Crippen molar-refractivity contribution >= 4 is 0 Å². The highest BCUT2D eigenvalue weighted by Crippen LogP contribution is 2.45. The summed E-state index contributed by atoms with van der Waals surface area (Å²) in [6.45, 7) is 9.45. The minimum atomic E-state index is -4.43. The third-order valence-corrected chi connectivity index (χ3v) is 7.26. The standard InChI is InChI=1S/C26H28F3N5O3.C5H10.C2H6/c1-5-20(26(27,28)29)33-15(2)17-8-6-16(7-9-17)13-37-24-19(35-3)12-30-23(34-24)21-22(18-10-11-18)31-14-32-25(21)36-4;1-2-5-3-4-5;1-2/h5-9,12,14-15,18,33H,10-11,13H2,1-4H3;5H,2-4H2,1H3;1-2H3/b20-5-;;. The Morgan fingerprint density at radius 3 is 2.18 bits per heavy atom. The number of halogens is 3. The summed E-state index contributed by atoms with van der Waals surface area (Å²) < 4.78 is 55.9. The van der Waals surface area contributed by atoms with Gasteiger partial charge < -0.3 is 19.5 Å². The van der Waals surface area contributed by atoms with E-state index < -0.39 is 17.9 Å². The van der Waals surface area contributed by atoms with Gasteiger partial charge in [-0.15, -0.1) is 0 Å². The van der Waals surface area contributed by atoms with E-state index in [1.54, 1.807) is 31.2 Å². The molecule has 240 valence electrons. The van der Waals surface area contributed by atoms with Gasteiger partial charge in [0.05, 0.1) is 26.1 Å². The third-order valence-electron chi connectivity index (χ3n) is 7.26. The lowest BCUT2D eigenvalue weighted by atomic mass is 10.1. The molecule has 0 aliphatic heterocycles. The largest absolute Gasteiger partial charge is 0.490 e. The van der Waals surface area contributed by atoms with Gasteiger partial charge in [-0.3, -0.25) is 0 Å². The monoisotopic (exact) mass is 615 g/mol. The van der Waals surface area contributed by atoms with Crippen molar-refractivity contribution in [3.05, 3.63) is 65.4 Å². The second kappa shape index (κ2) is 16.3. The molecule has 2 saturated carbocycles.